The molecule has 0 atom stereocenters. The zero-order valence-corrected chi connectivity index (χ0v) is 17.1. The average molecular weight is 405 g/mol. The SMILES string of the molecule is CCC(O)(CC)CCCCO.O=C(O)c1ccccc1.O=C(O)c1ccccc1. The molecule has 0 saturated carbocycles. The van der Waals surface area contributed by atoms with Gasteiger partial charge >= 0.3 is 11.9 Å². The van der Waals surface area contributed by atoms with Crippen LogP contribution in [-0.4, -0.2) is 44.6 Å². The van der Waals surface area contributed by atoms with Crippen molar-refractivity contribution in [3.8, 4) is 0 Å². The van der Waals surface area contributed by atoms with Crippen LogP contribution in [0.3, 0.4) is 0 Å². The summed E-state index contributed by atoms with van der Waals surface area (Å²) in [7, 11) is 0. The van der Waals surface area contributed by atoms with E-state index in [-0.39, 0.29) is 6.61 Å². The molecule has 6 nitrogen and oxygen atoms in total. The van der Waals surface area contributed by atoms with Crippen LogP contribution in [0.1, 0.15) is 66.7 Å². The van der Waals surface area contributed by atoms with Crippen LogP contribution in [0.25, 0.3) is 0 Å². The molecule has 29 heavy (non-hydrogen) atoms. The molecular formula is C23H32O6. The van der Waals surface area contributed by atoms with E-state index < -0.39 is 17.5 Å². The van der Waals surface area contributed by atoms with Gasteiger partial charge in [-0.2, -0.15) is 0 Å². The Hall–Kier alpha value is -2.70. The zero-order chi connectivity index (χ0) is 22.1. The fourth-order valence-corrected chi connectivity index (χ4v) is 2.33. The van der Waals surface area contributed by atoms with Crippen molar-refractivity contribution in [3.63, 3.8) is 0 Å². The first-order chi connectivity index (χ1) is 13.8. The molecule has 0 heterocycles. The molecule has 2 aromatic rings. The van der Waals surface area contributed by atoms with Gasteiger partial charge in [-0.05, 0) is 56.4 Å². The molecule has 0 spiro atoms. The molecule has 0 unspecified atom stereocenters. The predicted octanol–water partition coefficient (Wildman–Crippen LogP) is 4.47. The van der Waals surface area contributed by atoms with Gasteiger partial charge < -0.3 is 20.4 Å². The first-order valence-electron chi connectivity index (χ1n) is 9.69. The lowest BCUT2D eigenvalue weighted by molar-refractivity contribution is 0.0202. The van der Waals surface area contributed by atoms with E-state index >= 15 is 0 Å². The smallest absolute Gasteiger partial charge is 0.335 e. The highest BCUT2D eigenvalue weighted by molar-refractivity contribution is 5.87. The van der Waals surface area contributed by atoms with Crippen molar-refractivity contribution in [3.05, 3.63) is 71.8 Å². The summed E-state index contributed by atoms with van der Waals surface area (Å²) < 4.78 is 0. The number of aliphatic hydroxyl groups excluding tert-OH is 1. The third-order valence-corrected chi connectivity index (χ3v) is 4.41. The molecule has 6 heteroatoms. The zero-order valence-electron chi connectivity index (χ0n) is 17.1. The summed E-state index contributed by atoms with van der Waals surface area (Å²) in [6, 6.07) is 16.6. The van der Waals surface area contributed by atoms with E-state index in [0.717, 1.165) is 32.1 Å². The van der Waals surface area contributed by atoms with E-state index in [1.807, 2.05) is 13.8 Å². The minimum Gasteiger partial charge on any atom is -0.478 e. The van der Waals surface area contributed by atoms with E-state index in [2.05, 4.69) is 0 Å². The Morgan fingerprint density at radius 2 is 1.14 bits per heavy atom. The number of aliphatic hydroxyl groups is 2. The number of carbonyl (C=O) groups is 2. The second-order valence-electron chi connectivity index (χ2n) is 6.45. The third-order valence-electron chi connectivity index (χ3n) is 4.41. The lowest BCUT2D eigenvalue weighted by atomic mass is 9.91. The van der Waals surface area contributed by atoms with Crippen molar-refractivity contribution in [2.75, 3.05) is 6.61 Å². The predicted molar refractivity (Wildman–Crippen MR) is 113 cm³/mol. The summed E-state index contributed by atoms with van der Waals surface area (Å²) in [4.78, 5) is 20.4. The fourth-order valence-electron chi connectivity index (χ4n) is 2.33. The Morgan fingerprint density at radius 3 is 1.38 bits per heavy atom. The number of hydrogen-bond acceptors (Lipinski definition) is 4. The van der Waals surface area contributed by atoms with E-state index in [9.17, 15) is 14.7 Å². The summed E-state index contributed by atoms with van der Waals surface area (Å²) in [5, 5.41) is 35.1. The molecule has 0 fully saturated rings. The first-order valence-corrected chi connectivity index (χ1v) is 9.69. The summed E-state index contributed by atoms with van der Waals surface area (Å²) in [6.07, 6.45) is 4.18. The first kappa shape index (κ1) is 26.3. The molecular weight excluding hydrogens is 372 g/mol. The molecule has 0 aromatic heterocycles. The minimum atomic E-state index is -0.879. The van der Waals surface area contributed by atoms with Crippen molar-refractivity contribution < 1.29 is 30.0 Å². The van der Waals surface area contributed by atoms with Crippen LogP contribution in [0, 0.1) is 0 Å². The number of rotatable bonds is 8. The van der Waals surface area contributed by atoms with Gasteiger partial charge in [0.15, 0.2) is 0 Å². The molecule has 160 valence electrons. The largest absolute Gasteiger partial charge is 0.478 e. The average Bonchev–Trinajstić information content (AvgIpc) is 2.76. The number of benzene rings is 2. The molecule has 2 rings (SSSR count). The molecule has 0 radical (unpaired) electrons. The van der Waals surface area contributed by atoms with Crippen molar-refractivity contribution >= 4 is 11.9 Å². The summed E-state index contributed by atoms with van der Waals surface area (Å²) in [5.74, 6) is -1.76. The topological polar surface area (TPSA) is 115 Å². The van der Waals surface area contributed by atoms with Crippen LogP contribution in [0.4, 0.5) is 0 Å². The maximum Gasteiger partial charge on any atom is 0.335 e. The van der Waals surface area contributed by atoms with Gasteiger partial charge in [0.2, 0.25) is 0 Å². The lowest BCUT2D eigenvalue weighted by Gasteiger charge is -2.24. The van der Waals surface area contributed by atoms with Crippen molar-refractivity contribution in [2.45, 2.75) is 51.6 Å². The standard InChI is InChI=1S/C9H20O2.2C7H6O2/c1-3-9(11,4-2)7-5-6-8-10;2*8-7(9)6-4-2-1-3-5-6/h10-11H,3-8H2,1-2H3;2*1-5H,(H,8,9). The quantitative estimate of drug-likeness (QED) is 0.483. The summed E-state index contributed by atoms with van der Waals surface area (Å²) in [5.41, 5.74) is 0.185. The summed E-state index contributed by atoms with van der Waals surface area (Å²) in [6.45, 7) is 4.24. The molecule has 0 aliphatic heterocycles. The molecule has 2 aromatic carbocycles. The van der Waals surface area contributed by atoms with Gasteiger partial charge in [0.05, 0.1) is 16.7 Å². The number of carboxylic acid groups (broad SMARTS) is 2. The number of unbranched alkanes of at least 4 members (excludes halogenated alkanes) is 1. The Bertz CT molecular complexity index is 632. The van der Waals surface area contributed by atoms with Crippen molar-refractivity contribution in [1.82, 2.24) is 0 Å². The monoisotopic (exact) mass is 404 g/mol. The number of hydrogen-bond donors (Lipinski definition) is 4. The highest BCUT2D eigenvalue weighted by Gasteiger charge is 2.20. The van der Waals surface area contributed by atoms with E-state index in [0.29, 0.717) is 11.1 Å². The van der Waals surface area contributed by atoms with Crippen LogP contribution >= 0.6 is 0 Å². The Morgan fingerprint density at radius 1 is 0.759 bits per heavy atom. The van der Waals surface area contributed by atoms with Gasteiger partial charge in [-0.3, -0.25) is 0 Å². The molecule has 0 aliphatic rings. The van der Waals surface area contributed by atoms with Crippen molar-refractivity contribution in [2.24, 2.45) is 0 Å². The van der Waals surface area contributed by atoms with Crippen LogP contribution < -0.4 is 0 Å². The van der Waals surface area contributed by atoms with E-state index in [1.165, 1.54) is 0 Å². The van der Waals surface area contributed by atoms with Crippen molar-refractivity contribution in [1.29, 1.82) is 0 Å². The second-order valence-corrected chi connectivity index (χ2v) is 6.45. The van der Waals surface area contributed by atoms with Crippen LogP contribution in [0.15, 0.2) is 60.7 Å². The lowest BCUT2D eigenvalue weighted by Crippen LogP contribution is -2.26. The van der Waals surface area contributed by atoms with Gasteiger partial charge in [0.1, 0.15) is 0 Å². The van der Waals surface area contributed by atoms with Crippen LogP contribution in [0.5, 0.6) is 0 Å². The molecule has 0 aliphatic carbocycles. The Kier molecular flexibility index (Phi) is 13.8. The molecule has 0 amide bonds. The maximum atomic E-state index is 10.2. The molecule has 0 saturated heterocycles. The van der Waals surface area contributed by atoms with E-state index in [4.69, 9.17) is 15.3 Å². The maximum absolute atomic E-state index is 10.2. The van der Waals surface area contributed by atoms with Gasteiger partial charge in [-0.1, -0.05) is 50.2 Å². The van der Waals surface area contributed by atoms with Gasteiger partial charge in [-0.25, -0.2) is 9.59 Å². The Labute approximate surface area is 172 Å². The summed E-state index contributed by atoms with van der Waals surface area (Å²) >= 11 is 0. The van der Waals surface area contributed by atoms with Gasteiger partial charge in [-0.15, -0.1) is 0 Å². The fraction of sp³-hybridized carbons (Fsp3) is 0.391. The van der Waals surface area contributed by atoms with Crippen LogP contribution in [-0.2, 0) is 0 Å². The normalized spacial score (nSPS) is 10.1. The number of carboxylic acids is 2. The highest BCUT2D eigenvalue weighted by Crippen LogP contribution is 2.21. The minimum absolute atomic E-state index is 0.240. The van der Waals surface area contributed by atoms with Gasteiger partial charge in [0, 0.05) is 6.61 Å². The molecule has 4 N–H and O–H groups in total. The Balaban J connectivity index is 0.000000408. The van der Waals surface area contributed by atoms with Gasteiger partial charge in [0.25, 0.3) is 0 Å². The second kappa shape index (κ2) is 15.2. The third kappa shape index (κ3) is 12.4. The number of aromatic carboxylic acids is 2. The highest BCUT2D eigenvalue weighted by atomic mass is 16.4. The van der Waals surface area contributed by atoms with E-state index in [1.54, 1.807) is 60.7 Å². The van der Waals surface area contributed by atoms with Crippen LogP contribution in [0.2, 0.25) is 0 Å². The molecule has 0 bridgehead atoms.